The van der Waals surface area contributed by atoms with Gasteiger partial charge in [0.05, 0.1) is 5.69 Å². The average Bonchev–Trinajstić information content (AvgIpc) is 2.59. The van der Waals surface area contributed by atoms with Gasteiger partial charge in [0.25, 0.3) is 0 Å². The second kappa shape index (κ2) is 4.92. The molecule has 1 atom stereocenters. The molecule has 4 heteroatoms. The van der Waals surface area contributed by atoms with Gasteiger partial charge in [-0.25, -0.2) is 4.98 Å². The number of nitrogens with zero attached hydrogens (tertiary/aromatic N) is 2. The molecule has 0 aliphatic heterocycles. The molecule has 0 aliphatic rings. The average molecular weight is 294 g/mol. The van der Waals surface area contributed by atoms with Crippen molar-refractivity contribution < 1.29 is 0 Å². The number of benzene rings is 1. The molecule has 2 N–H and O–H groups in total. The van der Waals surface area contributed by atoms with E-state index in [1.54, 1.807) is 0 Å². The molecule has 0 bridgehead atoms. The van der Waals surface area contributed by atoms with Crippen molar-refractivity contribution in [3.05, 3.63) is 46.2 Å². The number of hydrogen-bond donors (Lipinski definition) is 1. The Morgan fingerprint density at radius 3 is 2.82 bits per heavy atom. The van der Waals surface area contributed by atoms with Gasteiger partial charge in [-0.05, 0) is 24.1 Å². The third-order valence-electron chi connectivity index (χ3n) is 2.87. The van der Waals surface area contributed by atoms with Gasteiger partial charge in [-0.15, -0.1) is 0 Å². The molecule has 0 aliphatic carbocycles. The van der Waals surface area contributed by atoms with Crippen LogP contribution in [0, 0.1) is 0 Å². The van der Waals surface area contributed by atoms with Crippen molar-refractivity contribution in [1.29, 1.82) is 0 Å². The molecule has 17 heavy (non-hydrogen) atoms. The first-order valence-corrected chi connectivity index (χ1v) is 6.38. The Labute approximate surface area is 110 Å². The molecule has 0 radical (unpaired) electrons. The van der Waals surface area contributed by atoms with Crippen LogP contribution in [0.2, 0.25) is 0 Å². The quantitative estimate of drug-likeness (QED) is 0.945. The zero-order chi connectivity index (χ0) is 12.4. The lowest BCUT2D eigenvalue weighted by Crippen LogP contribution is -1.99. The first-order chi connectivity index (χ1) is 8.06. The number of rotatable bonds is 3. The molecule has 1 heterocycles. The first-order valence-electron chi connectivity index (χ1n) is 5.59. The van der Waals surface area contributed by atoms with Crippen LogP contribution < -0.4 is 5.73 Å². The summed E-state index contributed by atoms with van der Waals surface area (Å²) in [5.74, 6) is 0.939. The highest BCUT2D eigenvalue weighted by Gasteiger charge is 2.11. The number of nitrogens with two attached hydrogens (primary N) is 1. The van der Waals surface area contributed by atoms with Crippen LogP contribution in [0.3, 0.4) is 0 Å². The van der Waals surface area contributed by atoms with Crippen LogP contribution in [-0.4, -0.2) is 9.55 Å². The van der Waals surface area contributed by atoms with Gasteiger partial charge in [-0.2, -0.15) is 0 Å². The van der Waals surface area contributed by atoms with Gasteiger partial charge in [-0.3, -0.25) is 0 Å². The van der Waals surface area contributed by atoms with Gasteiger partial charge < -0.3 is 10.3 Å². The lowest BCUT2D eigenvalue weighted by Gasteiger charge is -2.08. The molecule has 90 valence electrons. The normalized spacial score (nSPS) is 12.6. The monoisotopic (exact) mass is 293 g/mol. The zero-order valence-electron chi connectivity index (χ0n) is 10.0. The van der Waals surface area contributed by atoms with Crippen molar-refractivity contribution in [3.63, 3.8) is 0 Å². The minimum atomic E-state index is 0.368. The second-order valence-electron chi connectivity index (χ2n) is 4.37. The van der Waals surface area contributed by atoms with E-state index in [4.69, 9.17) is 5.73 Å². The molecule has 1 aromatic heterocycles. The van der Waals surface area contributed by atoms with Crippen molar-refractivity contribution >= 4 is 21.9 Å². The van der Waals surface area contributed by atoms with Crippen molar-refractivity contribution in [3.8, 4) is 0 Å². The highest BCUT2D eigenvalue weighted by atomic mass is 79.9. The van der Waals surface area contributed by atoms with E-state index in [0.717, 1.165) is 16.6 Å². The van der Waals surface area contributed by atoms with Gasteiger partial charge in [0.15, 0.2) is 5.95 Å². The lowest BCUT2D eigenvalue weighted by molar-refractivity contribution is 0.735. The van der Waals surface area contributed by atoms with Crippen LogP contribution in [0.25, 0.3) is 0 Å². The number of anilines is 1. The van der Waals surface area contributed by atoms with E-state index in [1.807, 2.05) is 23.9 Å². The summed E-state index contributed by atoms with van der Waals surface area (Å²) in [6.45, 7) is 2.17. The van der Waals surface area contributed by atoms with Gasteiger partial charge in [0, 0.05) is 23.6 Å². The number of nitrogen functional groups attached to an aromatic ring is 1. The molecule has 0 saturated carbocycles. The number of imidazole rings is 1. The Morgan fingerprint density at radius 1 is 1.47 bits per heavy atom. The van der Waals surface area contributed by atoms with Crippen LogP contribution >= 0.6 is 15.9 Å². The molecule has 0 saturated heterocycles. The molecule has 0 spiro atoms. The topological polar surface area (TPSA) is 43.8 Å². The van der Waals surface area contributed by atoms with Gasteiger partial charge in [-0.1, -0.05) is 35.0 Å². The van der Waals surface area contributed by atoms with E-state index < -0.39 is 0 Å². The van der Waals surface area contributed by atoms with Crippen LogP contribution in [0.15, 0.2) is 34.9 Å². The van der Waals surface area contributed by atoms with Gasteiger partial charge >= 0.3 is 0 Å². The van der Waals surface area contributed by atoms with Gasteiger partial charge in [0.2, 0.25) is 0 Å². The maximum atomic E-state index is 5.74. The summed E-state index contributed by atoms with van der Waals surface area (Å²) in [7, 11) is 1.91. The number of aromatic nitrogens is 2. The van der Waals surface area contributed by atoms with Crippen molar-refractivity contribution in [1.82, 2.24) is 9.55 Å². The SMILES string of the molecule is CC(Cc1cccc(Br)c1)c1cn(C)c(N)n1. The summed E-state index contributed by atoms with van der Waals surface area (Å²) in [5.41, 5.74) is 8.09. The summed E-state index contributed by atoms with van der Waals surface area (Å²) in [6.07, 6.45) is 2.97. The fraction of sp³-hybridized carbons (Fsp3) is 0.308. The summed E-state index contributed by atoms with van der Waals surface area (Å²) in [4.78, 5) is 4.36. The summed E-state index contributed by atoms with van der Waals surface area (Å²) >= 11 is 3.48. The van der Waals surface area contributed by atoms with E-state index >= 15 is 0 Å². The third kappa shape index (κ3) is 2.88. The van der Waals surface area contributed by atoms with Crippen molar-refractivity contribution in [2.24, 2.45) is 7.05 Å². The van der Waals surface area contributed by atoms with E-state index in [9.17, 15) is 0 Å². The standard InChI is InChI=1S/C13H16BrN3/c1-9(12-8-17(2)13(15)16-12)6-10-4-3-5-11(14)7-10/h3-5,7-9H,6H2,1-2H3,(H2,15,16). The van der Waals surface area contributed by atoms with E-state index in [0.29, 0.717) is 11.9 Å². The van der Waals surface area contributed by atoms with Crippen LogP contribution in [0.1, 0.15) is 24.1 Å². The fourth-order valence-electron chi connectivity index (χ4n) is 1.86. The fourth-order valence-corrected chi connectivity index (χ4v) is 2.31. The van der Waals surface area contributed by atoms with Gasteiger partial charge in [0.1, 0.15) is 0 Å². The molecule has 1 aromatic carbocycles. The Kier molecular flexibility index (Phi) is 3.52. The maximum absolute atomic E-state index is 5.74. The molecule has 0 fully saturated rings. The van der Waals surface area contributed by atoms with Crippen LogP contribution in [0.4, 0.5) is 5.95 Å². The summed E-state index contributed by atoms with van der Waals surface area (Å²) in [6, 6.07) is 8.36. The zero-order valence-corrected chi connectivity index (χ0v) is 11.6. The van der Waals surface area contributed by atoms with Crippen molar-refractivity contribution in [2.75, 3.05) is 5.73 Å². The van der Waals surface area contributed by atoms with Crippen molar-refractivity contribution in [2.45, 2.75) is 19.3 Å². The highest BCUT2D eigenvalue weighted by molar-refractivity contribution is 9.10. The smallest absolute Gasteiger partial charge is 0.200 e. The number of halogens is 1. The maximum Gasteiger partial charge on any atom is 0.200 e. The molecule has 2 aromatic rings. The predicted octanol–water partition coefficient (Wildman–Crippen LogP) is 3.11. The summed E-state index contributed by atoms with van der Waals surface area (Å²) in [5, 5.41) is 0. The third-order valence-corrected chi connectivity index (χ3v) is 3.36. The number of hydrogen-bond acceptors (Lipinski definition) is 2. The minimum absolute atomic E-state index is 0.368. The molecule has 1 unspecified atom stereocenters. The minimum Gasteiger partial charge on any atom is -0.369 e. The Morgan fingerprint density at radius 2 is 2.24 bits per heavy atom. The molecule has 2 rings (SSSR count). The van der Waals surface area contributed by atoms with E-state index in [2.05, 4.69) is 46.0 Å². The Balaban J connectivity index is 2.14. The Hall–Kier alpha value is -1.29. The predicted molar refractivity (Wildman–Crippen MR) is 73.9 cm³/mol. The molecular weight excluding hydrogens is 278 g/mol. The second-order valence-corrected chi connectivity index (χ2v) is 5.29. The van der Waals surface area contributed by atoms with Crippen LogP contribution in [0.5, 0.6) is 0 Å². The van der Waals surface area contributed by atoms with E-state index in [-0.39, 0.29) is 0 Å². The molecule has 0 amide bonds. The molecular formula is C13H16BrN3. The first kappa shape index (κ1) is 12.2. The number of aryl methyl sites for hydroxylation is 1. The lowest BCUT2D eigenvalue weighted by atomic mass is 9.99. The highest BCUT2D eigenvalue weighted by Crippen LogP contribution is 2.22. The summed E-state index contributed by atoms with van der Waals surface area (Å²) < 4.78 is 2.97. The molecule has 3 nitrogen and oxygen atoms in total. The van der Waals surface area contributed by atoms with Crippen LogP contribution in [-0.2, 0) is 13.5 Å². The van der Waals surface area contributed by atoms with E-state index in [1.165, 1.54) is 5.56 Å². The largest absolute Gasteiger partial charge is 0.369 e. The Bertz CT molecular complexity index is 500.